The molecule has 0 radical (unpaired) electrons. The first kappa shape index (κ1) is 19.4. The summed E-state index contributed by atoms with van der Waals surface area (Å²) in [5.74, 6) is -1.05. The van der Waals surface area contributed by atoms with Crippen LogP contribution in [0.25, 0.3) is 0 Å². The van der Waals surface area contributed by atoms with Crippen LogP contribution in [-0.2, 0) is 11.3 Å². The van der Waals surface area contributed by atoms with Crippen molar-refractivity contribution >= 4 is 39.3 Å². The number of carbonyl (C=O) groups excluding carboxylic acids is 2. The fraction of sp³-hybridized carbons (Fsp3) is 0.222. The minimum atomic E-state index is -0.438. The SMILES string of the molecule is CCN(CC(=O)NCc1ccc(Cl)cc1)C(=O)c1ccc(F)cc1Br. The summed E-state index contributed by atoms with van der Waals surface area (Å²) in [5.41, 5.74) is 1.22. The Morgan fingerprint density at radius 2 is 1.88 bits per heavy atom. The molecule has 0 aromatic heterocycles. The third-order valence-electron chi connectivity index (χ3n) is 3.57. The molecule has 0 atom stereocenters. The van der Waals surface area contributed by atoms with Crippen LogP contribution in [0.15, 0.2) is 46.9 Å². The molecular weight excluding hydrogens is 411 g/mol. The van der Waals surface area contributed by atoms with E-state index < -0.39 is 5.82 Å². The fourth-order valence-corrected chi connectivity index (χ4v) is 2.84. The second kappa shape index (κ2) is 8.97. The van der Waals surface area contributed by atoms with Crippen LogP contribution in [-0.4, -0.2) is 29.8 Å². The van der Waals surface area contributed by atoms with Gasteiger partial charge in [0.25, 0.3) is 5.91 Å². The maximum absolute atomic E-state index is 13.2. The molecular formula is C18H17BrClFN2O2. The third-order valence-corrected chi connectivity index (χ3v) is 4.48. The molecule has 0 fully saturated rings. The van der Waals surface area contributed by atoms with Crippen molar-refractivity contribution in [3.05, 3.63) is 68.9 Å². The summed E-state index contributed by atoms with van der Waals surface area (Å²) >= 11 is 9.00. The topological polar surface area (TPSA) is 49.4 Å². The summed E-state index contributed by atoms with van der Waals surface area (Å²) in [5, 5.41) is 3.39. The Labute approximate surface area is 159 Å². The molecule has 0 heterocycles. The molecule has 0 saturated heterocycles. The van der Waals surface area contributed by atoms with Gasteiger partial charge in [-0.2, -0.15) is 0 Å². The van der Waals surface area contributed by atoms with Crippen molar-refractivity contribution < 1.29 is 14.0 Å². The van der Waals surface area contributed by atoms with Crippen LogP contribution in [0.1, 0.15) is 22.8 Å². The zero-order valence-electron chi connectivity index (χ0n) is 13.6. The Morgan fingerprint density at radius 1 is 1.20 bits per heavy atom. The zero-order chi connectivity index (χ0) is 18.4. The highest BCUT2D eigenvalue weighted by molar-refractivity contribution is 9.10. The lowest BCUT2D eigenvalue weighted by Gasteiger charge is -2.21. The fourth-order valence-electron chi connectivity index (χ4n) is 2.19. The van der Waals surface area contributed by atoms with Crippen molar-refractivity contribution in [3.63, 3.8) is 0 Å². The number of likely N-dealkylation sites (N-methyl/N-ethyl adjacent to an activating group) is 1. The normalized spacial score (nSPS) is 10.4. The summed E-state index contributed by atoms with van der Waals surface area (Å²) in [7, 11) is 0. The highest BCUT2D eigenvalue weighted by Gasteiger charge is 2.19. The van der Waals surface area contributed by atoms with Crippen molar-refractivity contribution in [3.8, 4) is 0 Å². The Kier molecular flexibility index (Phi) is 6.96. The molecule has 132 valence electrons. The summed E-state index contributed by atoms with van der Waals surface area (Å²) < 4.78 is 13.5. The quantitative estimate of drug-likeness (QED) is 0.757. The average Bonchev–Trinajstić information content (AvgIpc) is 2.58. The number of hydrogen-bond acceptors (Lipinski definition) is 2. The summed E-state index contributed by atoms with van der Waals surface area (Å²) in [6, 6.07) is 11.0. The van der Waals surface area contributed by atoms with E-state index in [1.54, 1.807) is 19.1 Å². The lowest BCUT2D eigenvalue weighted by molar-refractivity contribution is -0.121. The van der Waals surface area contributed by atoms with E-state index in [1.165, 1.54) is 23.1 Å². The zero-order valence-corrected chi connectivity index (χ0v) is 15.9. The predicted molar refractivity (Wildman–Crippen MR) is 99.0 cm³/mol. The van der Waals surface area contributed by atoms with Crippen molar-refractivity contribution in [1.29, 1.82) is 0 Å². The molecule has 0 aliphatic heterocycles. The van der Waals surface area contributed by atoms with E-state index in [9.17, 15) is 14.0 Å². The molecule has 2 aromatic rings. The van der Waals surface area contributed by atoms with Crippen LogP contribution in [0.5, 0.6) is 0 Å². The molecule has 0 aliphatic rings. The standard InChI is InChI=1S/C18H17BrClFN2O2/c1-2-23(18(25)15-8-7-14(21)9-16(15)19)11-17(24)22-10-12-3-5-13(20)6-4-12/h3-9H,2,10-11H2,1H3,(H,22,24). The van der Waals surface area contributed by atoms with Gasteiger partial charge in [0, 0.05) is 22.6 Å². The van der Waals surface area contributed by atoms with E-state index in [2.05, 4.69) is 21.2 Å². The van der Waals surface area contributed by atoms with Gasteiger partial charge in [-0.1, -0.05) is 23.7 Å². The molecule has 0 unspecified atom stereocenters. The Hall–Kier alpha value is -1.92. The van der Waals surface area contributed by atoms with E-state index >= 15 is 0 Å². The van der Waals surface area contributed by atoms with Gasteiger partial charge < -0.3 is 10.2 Å². The van der Waals surface area contributed by atoms with Gasteiger partial charge in [-0.3, -0.25) is 9.59 Å². The summed E-state index contributed by atoms with van der Waals surface area (Å²) in [6.45, 7) is 2.41. The first-order valence-electron chi connectivity index (χ1n) is 7.66. The van der Waals surface area contributed by atoms with E-state index in [4.69, 9.17) is 11.6 Å². The number of halogens is 3. The Balaban J connectivity index is 1.96. The Morgan fingerprint density at radius 3 is 2.48 bits per heavy atom. The van der Waals surface area contributed by atoms with Gasteiger partial charge >= 0.3 is 0 Å². The van der Waals surface area contributed by atoms with Crippen LogP contribution >= 0.6 is 27.5 Å². The Bertz CT molecular complexity index is 768. The maximum atomic E-state index is 13.2. The highest BCUT2D eigenvalue weighted by atomic mass is 79.9. The maximum Gasteiger partial charge on any atom is 0.255 e. The van der Waals surface area contributed by atoms with E-state index in [0.717, 1.165) is 5.56 Å². The van der Waals surface area contributed by atoms with E-state index in [-0.39, 0.29) is 18.4 Å². The number of rotatable bonds is 6. The molecule has 0 aliphatic carbocycles. The number of carbonyl (C=O) groups is 2. The van der Waals surface area contributed by atoms with Gasteiger partial charge in [0.1, 0.15) is 5.82 Å². The number of hydrogen-bond donors (Lipinski definition) is 1. The van der Waals surface area contributed by atoms with Crippen LogP contribution < -0.4 is 5.32 Å². The van der Waals surface area contributed by atoms with Gasteiger partial charge in [-0.15, -0.1) is 0 Å². The van der Waals surface area contributed by atoms with Crippen LogP contribution in [0, 0.1) is 5.82 Å². The van der Waals surface area contributed by atoms with Crippen LogP contribution in [0.3, 0.4) is 0 Å². The number of benzene rings is 2. The molecule has 4 nitrogen and oxygen atoms in total. The van der Waals surface area contributed by atoms with Crippen molar-refractivity contribution in [2.45, 2.75) is 13.5 Å². The van der Waals surface area contributed by atoms with Crippen LogP contribution in [0.4, 0.5) is 4.39 Å². The largest absolute Gasteiger partial charge is 0.350 e. The molecule has 1 N–H and O–H groups in total. The molecule has 25 heavy (non-hydrogen) atoms. The molecule has 0 saturated carbocycles. The second-order valence-corrected chi connectivity index (χ2v) is 6.64. The number of amides is 2. The number of nitrogens with one attached hydrogen (secondary N) is 1. The van der Waals surface area contributed by atoms with Crippen molar-refractivity contribution in [2.75, 3.05) is 13.1 Å². The van der Waals surface area contributed by atoms with E-state index in [0.29, 0.717) is 28.1 Å². The lowest BCUT2D eigenvalue weighted by Crippen LogP contribution is -2.40. The van der Waals surface area contributed by atoms with Crippen molar-refractivity contribution in [2.24, 2.45) is 0 Å². The number of nitrogens with zero attached hydrogens (tertiary/aromatic N) is 1. The summed E-state index contributed by atoms with van der Waals surface area (Å²) in [4.78, 5) is 26.1. The molecule has 0 spiro atoms. The van der Waals surface area contributed by atoms with Gasteiger partial charge in [-0.25, -0.2) is 4.39 Å². The van der Waals surface area contributed by atoms with Gasteiger partial charge in [0.2, 0.25) is 5.91 Å². The molecule has 2 aromatic carbocycles. The van der Waals surface area contributed by atoms with Gasteiger partial charge in [0.15, 0.2) is 0 Å². The lowest BCUT2D eigenvalue weighted by atomic mass is 10.2. The average molecular weight is 428 g/mol. The van der Waals surface area contributed by atoms with Crippen molar-refractivity contribution in [1.82, 2.24) is 10.2 Å². The highest BCUT2D eigenvalue weighted by Crippen LogP contribution is 2.19. The molecule has 0 bridgehead atoms. The predicted octanol–water partition coefficient (Wildman–Crippen LogP) is 4.02. The second-order valence-electron chi connectivity index (χ2n) is 5.35. The van der Waals surface area contributed by atoms with E-state index in [1.807, 2.05) is 12.1 Å². The minimum Gasteiger partial charge on any atom is -0.350 e. The smallest absolute Gasteiger partial charge is 0.255 e. The molecule has 2 amide bonds. The first-order chi connectivity index (χ1) is 11.9. The first-order valence-corrected chi connectivity index (χ1v) is 8.83. The molecule has 7 heteroatoms. The van der Waals surface area contributed by atoms with Crippen LogP contribution in [0.2, 0.25) is 5.02 Å². The summed E-state index contributed by atoms with van der Waals surface area (Å²) in [6.07, 6.45) is 0. The monoisotopic (exact) mass is 426 g/mol. The van der Waals surface area contributed by atoms with Gasteiger partial charge in [-0.05, 0) is 58.7 Å². The third kappa shape index (κ3) is 5.54. The minimum absolute atomic E-state index is 0.0766. The molecule has 2 rings (SSSR count). The van der Waals surface area contributed by atoms with Gasteiger partial charge in [0.05, 0.1) is 12.1 Å².